The number of hydrogen-bond donors (Lipinski definition) is 3. The van der Waals surface area contributed by atoms with Gasteiger partial charge in [0.05, 0.1) is 10.9 Å². The van der Waals surface area contributed by atoms with Crippen molar-refractivity contribution < 1.29 is 18.0 Å². The zero-order valence-electron chi connectivity index (χ0n) is 21.4. The Morgan fingerprint density at radius 1 is 1.00 bits per heavy atom. The number of thioether (sulfide) groups is 1. The molecule has 9 heteroatoms. The molecule has 196 valence electrons. The van der Waals surface area contributed by atoms with Crippen molar-refractivity contribution in [3.63, 3.8) is 0 Å². The van der Waals surface area contributed by atoms with Crippen LogP contribution in [0.4, 0.5) is 5.69 Å². The SMILES string of the molecule is CC(C)(C)c1ccc(S(=O)(=O)Nc2ccc3[nH]c(C(=O)NC4CCSC4=O)c(-c4ccccc4)c3c2)cc1. The Kier molecular flexibility index (Phi) is 6.83. The largest absolute Gasteiger partial charge is 0.350 e. The normalized spacial score (nSPS) is 16.1. The smallest absolute Gasteiger partial charge is 0.268 e. The Bertz CT molecular complexity index is 1620. The summed E-state index contributed by atoms with van der Waals surface area (Å²) in [5.41, 5.74) is 3.79. The monoisotopic (exact) mass is 547 g/mol. The van der Waals surface area contributed by atoms with Gasteiger partial charge in [0, 0.05) is 27.9 Å². The maximum atomic E-state index is 13.3. The lowest BCUT2D eigenvalue weighted by Crippen LogP contribution is -2.37. The maximum absolute atomic E-state index is 13.3. The van der Waals surface area contributed by atoms with Crippen molar-refractivity contribution in [3.8, 4) is 11.1 Å². The third kappa shape index (κ3) is 5.21. The molecule has 0 saturated carbocycles. The molecule has 5 rings (SSSR count). The van der Waals surface area contributed by atoms with Crippen LogP contribution in [-0.4, -0.2) is 36.2 Å². The minimum absolute atomic E-state index is 0.0389. The molecule has 1 saturated heterocycles. The molecule has 1 aliphatic heterocycles. The number of rotatable bonds is 6. The van der Waals surface area contributed by atoms with Crippen LogP contribution < -0.4 is 10.0 Å². The van der Waals surface area contributed by atoms with Crippen molar-refractivity contribution in [2.75, 3.05) is 10.5 Å². The maximum Gasteiger partial charge on any atom is 0.268 e. The molecule has 1 amide bonds. The van der Waals surface area contributed by atoms with Crippen LogP contribution in [-0.2, 0) is 20.2 Å². The number of benzene rings is 3. The number of fused-ring (bicyclic) bond motifs is 1. The average molecular weight is 548 g/mol. The summed E-state index contributed by atoms with van der Waals surface area (Å²) in [6.45, 7) is 6.22. The zero-order valence-corrected chi connectivity index (χ0v) is 23.0. The standard InChI is InChI=1S/C29H29N3O4S2/c1-29(2,3)19-9-12-21(13-10-19)38(35,36)32-20-11-14-23-22(17-20)25(18-7-5-4-6-8-18)26(30-23)27(33)31-24-15-16-37-28(24)34/h4-14,17,24,30,32H,15-16H2,1-3H3,(H,31,33). The van der Waals surface area contributed by atoms with E-state index in [1.807, 2.05) is 42.5 Å². The second kappa shape index (κ2) is 9.96. The van der Waals surface area contributed by atoms with Gasteiger partial charge in [-0.1, -0.05) is 75.0 Å². The predicted molar refractivity (Wildman–Crippen MR) is 153 cm³/mol. The van der Waals surface area contributed by atoms with Crippen molar-refractivity contribution in [2.45, 2.75) is 43.5 Å². The molecule has 0 bridgehead atoms. The van der Waals surface area contributed by atoms with E-state index in [1.54, 1.807) is 30.3 Å². The zero-order chi connectivity index (χ0) is 27.1. The number of H-pyrrole nitrogens is 1. The van der Waals surface area contributed by atoms with Gasteiger partial charge in [0.25, 0.3) is 15.9 Å². The van der Waals surface area contributed by atoms with Gasteiger partial charge in [-0.3, -0.25) is 14.3 Å². The Hall–Kier alpha value is -3.56. The lowest BCUT2D eigenvalue weighted by Gasteiger charge is -2.19. The minimum atomic E-state index is -3.83. The van der Waals surface area contributed by atoms with E-state index in [0.29, 0.717) is 40.0 Å². The van der Waals surface area contributed by atoms with E-state index in [9.17, 15) is 18.0 Å². The Balaban J connectivity index is 1.52. The van der Waals surface area contributed by atoms with Crippen LogP contribution in [0.2, 0.25) is 0 Å². The summed E-state index contributed by atoms with van der Waals surface area (Å²) in [6, 6.07) is 20.9. The molecular formula is C29H29N3O4S2. The third-order valence-corrected chi connectivity index (χ3v) is 9.02. The van der Waals surface area contributed by atoms with Gasteiger partial charge in [-0.2, -0.15) is 0 Å². The van der Waals surface area contributed by atoms with E-state index < -0.39 is 16.1 Å². The second-order valence-electron chi connectivity index (χ2n) is 10.4. The summed E-state index contributed by atoms with van der Waals surface area (Å²) in [4.78, 5) is 28.7. The molecule has 7 nitrogen and oxygen atoms in total. The number of anilines is 1. The molecule has 1 atom stereocenters. The van der Waals surface area contributed by atoms with Crippen LogP contribution in [0.1, 0.15) is 43.2 Å². The lowest BCUT2D eigenvalue weighted by molar-refractivity contribution is -0.112. The molecule has 0 aliphatic carbocycles. The highest BCUT2D eigenvalue weighted by Crippen LogP contribution is 2.35. The van der Waals surface area contributed by atoms with Crippen LogP contribution in [0.5, 0.6) is 0 Å². The van der Waals surface area contributed by atoms with Crippen molar-refractivity contribution in [3.05, 3.63) is 84.1 Å². The number of carbonyl (C=O) groups is 2. The number of carbonyl (C=O) groups excluding carboxylic acids is 2. The predicted octanol–water partition coefficient (Wildman–Crippen LogP) is 5.70. The van der Waals surface area contributed by atoms with E-state index in [2.05, 4.69) is 35.8 Å². The average Bonchev–Trinajstić information content (AvgIpc) is 3.46. The first-order chi connectivity index (χ1) is 18.0. The Morgan fingerprint density at radius 2 is 1.71 bits per heavy atom. The molecule has 0 spiro atoms. The summed E-state index contributed by atoms with van der Waals surface area (Å²) < 4.78 is 29.0. The summed E-state index contributed by atoms with van der Waals surface area (Å²) in [6.07, 6.45) is 0.596. The number of hydrogen-bond acceptors (Lipinski definition) is 5. The summed E-state index contributed by atoms with van der Waals surface area (Å²) in [7, 11) is -3.83. The quantitative estimate of drug-likeness (QED) is 0.287. The molecule has 1 aliphatic rings. The summed E-state index contributed by atoms with van der Waals surface area (Å²) >= 11 is 1.23. The van der Waals surface area contributed by atoms with Gasteiger partial charge in [-0.05, 0) is 53.3 Å². The van der Waals surface area contributed by atoms with E-state index in [1.165, 1.54) is 11.8 Å². The van der Waals surface area contributed by atoms with E-state index in [4.69, 9.17) is 0 Å². The summed E-state index contributed by atoms with van der Waals surface area (Å²) in [5.74, 6) is 0.312. The topological polar surface area (TPSA) is 108 Å². The van der Waals surface area contributed by atoms with E-state index in [-0.39, 0.29) is 21.3 Å². The molecule has 38 heavy (non-hydrogen) atoms. The second-order valence-corrected chi connectivity index (χ2v) is 13.1. The Labute approximate surface area is 226 Å². The minimum Gasteiger partial charge on any atom is -0.350 e. The number of aromatic amines is 1. The third-order valence-electron chi connectivity index (χ3n) is 6.61. The first kappa shape index (κ1) is 26.1. The van der Waals surface area contributed by atoms with Crippen molar-refractivity contribution in [1.29, 1.82) is 0 Å². The van der Waals surface area contributed by atoms with Crippen LogP contribution >= 0.6 is 11.8 Å². The van der Waals surface area contributed by atoms with Gasteiger partial charge in [0.1, 0.15) is 5.69 Å². The highest BCUT2D eigenvalue weighted by molar-refractivity contribution is 8.14. The van der Waals surface area contributed by atoms with E-state index in [0.717, 1.165) is 11.1 Å². The van der Waals surface area contributed by atoms with E-state index >= 15 is 0 Å². The van der Waals surface area contributed by atoms with Crippen LogP contribution in [0, 0.1) is 0 Å². The van der Waals surface area contributed by atoms with Gasteiger partial charge in [0.2, 0.25) is 5.12 Å². The highest BCUT2D eigenvalue weighted by atomic mass is 32.2. The van der Waals surface area contributed by atoms with Crippen molar-refractivity contribution in [1.82, 2.24) is 10.3 Å². The fourth-order valence-electron chi connectivity index (χ4n) is 4.54. The van der Waals surface area contributed by atoms with Crippen molar-refractivity contribution in [2.24, 2.45) is 0 Å². The Morgan fingerprint density at radius 3 is 2.34 bits per heavy atom. The molecule has 3 N–H and O–H groups in total. The van der Waals surface area contributed by atoms with Crippen LogP contribution in [0.25, 0.3) is 22.0 Å². The van der Waals surface area contributed by atoms with Gasteiger partial charge < -0.3 is 10.3 Å². The van der Waals surface area contributed by atoms with Gasteiger partial charge in [-0.25, -0.2) is 8.42 Å². The summed E-state index contributed by atoms with van der Waals surface area (Å²) in [5, 5.41) is 3.51. The van der Waals surface area contributed by atoms with Gasteiger partial charge in [0.15, 0.2) is 0 Å². The molecule has 2 heterocycles. The highest BCUT2D eigenvalue weighted by Gasteiger charge is 2.29. The van der Waals surface area contributed by atoms with Gasteiger partial charge in [-0.15, -0.1) is 0 Å². The number of amides is 1. The van der Waals surface area contributed by atoms with Crippen molar-refractivity contribution >= 4 is 49.4 Å². The first-order valence-corrected chi connectivity index (χ1v) is 14.8. The molecule has 0 radical (unpaired) electrons. The van der Waals surface area contributed by atoms with Gasteiger partial charge >= 0.3 is 0 Å². The number of nitrogens with one attached hydrogen (secondary N) is 3. The van der Waals surface area contributed by atoms with Crippen LogP contribution in [0.15, 0.2) is 77.7 Å². The lowest BCUT2D eigenvalue weighted by atomic mass is 9.87. The molecule has 4 aromatic rings. The molecule has 1 fully saturated rings. The van der Waals surface area contributed by atoms with Crippen LogP contribution in [0.3, 0.4) is 0 Å². The molecule has 1 aromatic heterocycles. The first-order valence-electron chi connectivity index (χ1n) is 12.3. The molecule has 1 unspecified atom stereocenters. The number of aromatic nitrogens is 1. The number of sulfonamides is 1. The fourth-order valence-corrected chi connectivity index (χ4v) is 6.52. The molecule has 3 aromatic carbocycles. The fraction of sp³-hybridized carbons (Fsp3) is 0.241. The molecular weight excluding hydrogens is 518 g/mol.